The molecule has 19 heavy (non-hydrogen) atoms. The number of hydrogen-bond donors (Lipinski definition) is 1. The average molecular weight is 273 g/mol. The molecule has 0 saturated carbocycles. The Labute approximate surface area is 109 Å². The van der Waals surface area contributed by atoms with Crippen molar-refractivity contribution in [3.8, 4) is 0 Å². The fraction of sp³-hybridized carbons (Fsp3) is 0.0714. The Balaban J connectivity index is 2.50. The van der Waals surface area contributed by atoms with E-state index < -0.39 is 9.73 Å². The van der Waals surface area contributed by atoms with Gasteiger partial charge in [0.25, 0.3) is 0 Å². The topological polar surface area (TPSA) is 71.1 Å². The SMILES string of the molecule is CS(=N)(=O)c1ccc2oc3ccccc3c(=O)c2c1. The highest BCUT2D eigenvalue weighted by molar-refractivity contribution is 7.91. The molecule has 0 amide bonds. The van der Waals surface area contributed by atoms with Gasteiger partial charge in [0.15, 0.2) is 0 Å². The van der Waals surface area contributed by atoms with Crippen LogP contribution in [0.2, 0.25) is 0 Å². The third kappa shape index (κ3) is 1.92. The van der Waals surface area contributed by atoms with Crippen molar-refractivity contribution in [3.63, 3.8) is 0 Å². The van der Waals surface area contributed by atoms with E-state index in [0.717, 1.165) is 0 Å². The van der Waals surface area contributed by atoms with Gasteiger partial charge in [-0.1, -0.05) is 12.1 Å². The van der Waals surface area contributed by atoms with Crippen molar-refractivity contribution in [2.45, 2.75) is 4.90 Å². The molecule has 0 aliphatic rings. The van der Waals surface area contributed by atoms with Gasteiger partial charge in [-0.05, 0) is 30.3 Å². The van der Waals surface area contributed by atoms with Gasteiger partial charge in [-0.2, -0.15) is 0 Å². The minimum absolute atomic E-state index is 0.164. The summed E-state index contributed by atoms with van der Waals surface area (Å²) < 4.78 is 25.0. The molecular formula is C14H11NO3S. The summed E-state index contributed by atoms with van der Waals surface area (Å²) in [5, 5.41) is 0.845. The van der Waals surface area contributed by atoms with Gasteiger partial charge in [-0.3, -0.25) is 4.79 Å². The maximum absolute atomic E-state index is 12.4. The van der Waals surface area contributed by atoms with E-state index in [1.807, 2.05) is 0 Å². The standard InChI is InChI=1S/C14H11NO3S/c1-19(15,17)9-6-7-13-11(8-9)14(16)10-4-2-3-5-12(10)18-13/h2-8,15H,1H3. The Hall–Kier alpha value is -2.14. The zero-order valence-electron chi connectivity index (χ0n) is 10.2. The Morgan fingerprint density at radius 1 is 1.05 bits per heavy atom. The Kier molecular flexibility index (Phi) is 2.46. The summed E-state index contributed by atoms with van der Waals surface area (Å²) in [4.78, 5) is 12.7. The molecule has 0 aliphatic heterocycles. The molecular weight excluding hydrogens is 262 g/mol. The molecule has 2 aromatic carbocycles. The Bertz CT molecular complexity index is 955. The molecule has 0 radical (unpaired) electrons. The second-order valence-corrected chi connectivity index (χ2v) is 6.59. The summed E-state index contributed by atoms with van der Waals surface area (Å²) >= 11 is 0. The van der Waals surface area contributed by atoms with Gasteiger partial charge >= 0.3 is 0 Å². The van der Waals surface area contributed by atoms with E-state index in [1.54, 1.807) is 36.4 Å². The van der Waals surface area contributed by atoms with Crippen LogP contribution in [0.5, 0.6) is 0 Å². The highest BCUT2D eigenvalue weighted by Crippen LogP contribution is 2.21. The van der Waals surface area contributed by atoms with Crippen molar-refractivity contribution in [2.75, 3.05) is 6.26 Å². The molecule has 0 aliphatic carbocycles. The van der Waals surface area contributed by atoms with Gasteiger partial charge in [0.05, 0.1) is 20.5 Å². The smallest absolute Gasteiger partial charge is 0.200 e. The van der Waals surface area contributed by atoms with Gasteiger partial charge < -0.3 is 4.42 Å². The second kappa shape index (κ2) is 3.93. The number of nitrogens with one attached hydrogen (secondary N) is 1. The molecule has 0 spiro atoms. The van der Waals surface area contributed by atoms with Crippen LogP contribution in [-0.2, 0) is 9.73 Å². The van der Waals surface area contributed by atoms with Crippen molar-refractivity contribution in [2.24, 2.45) is 0 Å². The molecule has 3 aromatic rings. The minimum Gasteiger partial charge on any atom is -0.456 e. The van der Waals surface area contributed by atoms with Gasteiger partial charge in [0.1, 0.15) is 11.2 Å². The quantitative estimate of drug-likeness (QED) is 0.693. The van der Waals surface area contributed by atoms with Crippen LogP contribution in [0, 0.1) is 4.78 Å². The summed E-state index contributed by atoms with van der Waals surface area (Å²) in [6, 6.07) is 11.6. The molecule has 1 aromatic heterocycles. The van der Waals surface area contributed by atoms with E-state index in [2.05, 4.69) is 0 Å². The summed E-state index contributed by atoms with van der Waals surface area (Å²) in [7, 11) is -2.84. The predicted octanol–water partition coefficient (Wildman–Crippen LogP) is 2.98. The second-order valence-electron chi connectivity index (χ2n) is 4.43. The summed E-state index contributed by atoms with van der Waals surface area (Å²) in [5.41, 5.74) is 0.800. The highest BCUT2D eigenvalue weighted by Gasteiger charge is 2.10. The van der Waals surface area contributed by atoms with Crippen molar-refractivity contribution in [1.82, 2.24) is 0 Å². The monoisotopic (exact) mass is 273 g/mol. The summed E-state index contributed by atoms with van der Waals surface area (Å²) in [6.45, 7) is 0. The number of fused-ring (bicyclic) bond motifs is 2. The predicted molar refractivity (Wildman–Crippen MR) is 75.0 cm³/mol. The molecule has 1 N–H and O–H groups in total. The maximum Gasteiger partial charge on any atom is 0.200 e. The van der Waals surface area contributed by atoms with E-state index in [-0.39, 0.29) is 5.43 Å². The molecule has 1 unspecified atom stereocenters. The van der Waals surface area contributed by atoms with Gasteiger partial charge in [0.2, 0.25) is 5.43 Å². The molecule has 4 nitrogen and oxygen atoms in total. The van der Waals surface area contributed by atoms with Gasteiger partial charge in [0, 0.05) is 11.2 Å². The first-order valence-electron chi connectivity index (χ1n) is 5.66. The first-order chi connectivity index (χ1) is 8.97. The van der Waals surface area contributed by atoms with E-state index in [1.165, 1.54) is 12.3 Å². The molecule has 96 valence electrons. The van der Waals surface area contributed by atoms with Crippen LogP contribution in [0.15, 0.2) is 56.6 Å². The van der Waals surface area contributed by atoms with Crippen LogP contribution < -0.4 is 5.43 Å². The Morgan fingerprint density at radius 2 is 1.74 bits per heavy atom. The largest absolute Gasteiger partial charge is 0.456 e. The summed E-state index contributed by atoms with van der Waals surface area (Å²) in [6.07, 6.45) is 1.33. The first kappa shape index (κ1) is 11.9. The fourth-order valence-electron chi connectivity index (χ4n) is 2.02. The lowest BCUT2D eigenvalue weighted by molar-refractivity contribution is 0.659. The Morgan fingerprint density at radius 3 is 2.47 bits per heavy atom. The molecule has 1 heterocycles. The van der Waals surface area contributed by atoms with Crippen LogP contribution in [0.3, 0.4) is 0 Å². The number of hydrogen-bond acceptors (Lipinski definition) is 4. The number of rotatable bonds is 1. The molecule has 0 fully saturated rings. The first-order valence-corrected chi connectivity index (χ1v) is 7.63. The van der Waals surface area contributed by atoms with Gasteiger partial charge in [-0.15, -0.1) is 0 Å². The zero-order valence-corrected chi connectivity index (χ0v) is 11.0. The third-order valence-corrected chi connectivity index (χ3v) is 4.15. The van der Waals surface area contributed by atoms with Crippen LogP contribution in [0.4, 0.5) is 0 Å². The summed E-state index contributed by atoms with van der Waals surface area (Å²) in [5.74, 6) is 0. The average Bonchev–Trinajstić information content (AvgIpc) is 2.37. The normalized spacial score (nSPS) is 14.6. The van der Waals surface area contributed by atoms with Gasteiger partial charge in [-0.25, -0.2) is 8.99 Å². The third-order valence-electron chi connectivity index (χ3n) is 3.00. The van der Waals surface area contributed by atoms with E-state index in [4.69, 9.17) is 9.20 Å². The van der Waals surface area contributed by atoms with Crippen LogP contribution in [-0.4, -0.2) is 10.5 Å². The molecule has 0 saturated heterocycles. The number of para-hydroxylation sites is 1. The highest BCUT2D eigenvalue weighted by atomic mass is 32.2. The van der Waals surface area contributed by atoms with Crippen LogP contribution in [0.25, 0.3) is 21.9 Å². The van der Waals surface area contributed by atoms with Crippen molar-refractivity contribution < 1.29 is 8.63 Å². The van der Waals surface area contributed by atoms with E-state index >= 15 is 0 Å². The lowest BCUT2D eigenvalue weighted by atomic mass is 10.1. The zero-order chi connectivity index (χ0) is 13.6. The lowest BCUT2D eigenvalue weighted by Crippen LogP contribution is -2.03. The number of benzene rings is 2. The maximum atomic E-state index is 12.4. The lowest BCUT2D eigenvalue weighted by Gasteiger charge is -2.04. The molecule has 1 atom stereocenters. The molecule has 0 bridgehead atoms. The fourth-order valence-corrected chi connectivity index (χ4v) is 2.70. The van der Waals surface area contributed by atoms with E-state index in [9.17, 15) is 9.00 Å². The van der Waals surface area contributed by atoms with Crippen molar-refractivity contribution >= 4 is 31.7 Å². The van der Waals surface area contributed by atoms with Crippen LogP contribution >= 0.6 is 0 Å². The molecule has 5 heteroatoms. The van der Waals surface area contributed by atoms with Crippen LogP contribution in [0.1, 0.15) is 0 Å². The minimum atomic E-state index is -2.84. The molecule has 3 rings (SSSR count). The van der Waals surface area contributed by atoms with Crippen molar-refractivity contribution in [1.29, 1.82) is 4.78 Å². The van der Waals surface area contributed by atoms with Crippen molar-refractivity contribution in [3.05, 3.63) is 52.7 Å². The van der Waals surface area contributed by atoms with E-state index in [0.29, 0.717) is 26.8 Å².